The van der Waals surface area contributed by atoms with E-state index in [1.54, 1.807) is 6.92 Å². The minimum absolute atomic E-state index is 0.114. The van der Waals surface area contributed by atoms with Gasteiger partial charge in [-0.1, -0.05) is 11.6 Å². The van der Waals surface area contributed by atoms with Crippen molar-refractivity contribution in [1.82, 2.24) is 18.9 Å². The third-order valence-electron chi connectivity index (χ3n) is 4.45. The number of fused-ring (bicyclic) bond motifs is 1. The monoisotopic (exact) mass is 466 g/mol. The molecule has 0 saturated heterocycles. The molecule has 1 aromatic carbocycles. The summed E-state index contributed by atoms with van der Waals surface area (Å²) in [5, 5.41) is 3.34. The molecule has 1 unspecified atom stereocenters. The van der Waals surface area contributed by atoms with Crippen LogP contribution in [0.4, 0.5) is 17.6 Å². The standard InChI is InChI=1S/C17H12Cl2F4N4O3/c1-7(3-13(18)28)27-10-5-11(9(20)4-8(10)15(19)24-27)26-14(29)6-12(17(21,22)23)25(2)16(26)30/h4-7H,3H2,1-2H3. The summed E-state index contributed by atoms with van der Waals surface area (Å²) in [6.07, 6.45) is -5.10. The predicted octanol–water partition coefficient (Wildman–Crippen LogP) is 3.41. The Morgan fingerprint density at radius 2 is 1.87 bits per heavy atom. The first-order valence-electron chi connectivity index (χ1n) is 8.29. The Morgan fingerprint density at radius 1 is 1.23 bits per heavy atom. The number of benzene rings is 1. The van der Waals surface area contributed by atoms with Crippen LogP contribution >= 0.6 is 23.2 Å². The lowest BCUT2D eigenvalue weighted by Crippen LogP contribution is -2.41. The molecule has 0 saturated carbocycles. The van der Waals surface area contributed by atoms with Gasteiger partial charge in [-0.25, -0.2) is 13.8 Å². The smallest absolute Gasteiger partial charge is 0.292 e. The van der Waals surface area contributed by atoms with E-state index in [4.69, 9.17) is 23.2 Å². The van der Waals surface area contributed by atoms with E-state index in [0.29, 0.717) is 0 Å². The summed E-state index contributed by atoms with van der Waals surface area (Å²) < 4.78 is 55.5. The zero-order valence-corrected chi connectivity index (χ0v) is 16.8. The van der Waals surface area contributed by atoms with Gasteiger partial charge >= 0.3 is 11.9 Å². The highest BCUT2D eigenvalue weighted by atomic mass is 35.5. The van der Waals surface area contributed by atoms with E-state index < -0.39 is 45.9 Å². The van der Waals surface area contributed by atoms with Gasteiger partial charge in [-0.15, -0.1) is 0 Å². The molecule has 0 fully saturated rings. The van der Waals surface area contributed by atoms with Crippen molar-refractivity contribution >= 4 is 39.3 Å². The van der Waals surface area contributed by atoms with Crippen LogP contribution in [0.25, 0.3) is 16.6 Å². The Kier molecular flexibility index (Phi) is 5.54. The summed E-state index contributed by atoms with van der Waals surface area (Å²) in [4.78, 5) is 36.0. The molecule has 2 heterocycles. The molecule has 3 aromatic rings. The quantitative estimate of drug-likeness (QED) is 0.435. The molecule has 1 atom stereocenters. The van der Waals surface area contributed by atoms with Crippen molar-refractivity contribution in [2.45, 2.75) is 25.6 Å². The third-order valence-corrected chi connectivity index (χ3v) is 4.89. The summed E-state index contributed by atoms with van der Waals surface area (Å²) in [6, 6.07) is 1.53. The molecule has 13 heteroatoms. The summed E-state index contributed by atoms with van der Waals surface area (Å²) in [5.74, 6) is -1.08. The first kappa shape index (κ1) is 22.0. The highest BCUT2D eigenvalue weighted by Crippen LogP contribution is 2.31. The molecule has 30 heavy (non-hydrogen) atoms. The molecular weight excluding hydrogens is 455 g/mol. The van der Waals surface area contributed by atoms with Gasteiger partial charge in [-0.05, 0) is 30.7 Å². The Bertz CT molecular complexity index is 1290. The maximum Gasteiger partial charge on any atom is 0.431 e. The first-order chi connectivity index (χ1) is 13.8. The van der Waals surface area contributed by atoms with E-state index >= 15 is 0 Å². The number of hydrogen-bond acceptors (Lipinski definition) is 4. The van der Waals surface area contributed by atoms with Crippen molar-refractivity contribution < 1.29 is 22.4 Å². The molecule has 2 aromatic heterocycles. The Balaban J connectivity index is 2.32. The number of rotatable bonds is 4. The molecule has 0 aliphatic heterocycles. The van der Waals surface area contributed by atoms with E-state index in [1.165, 1.54) is 4.68 Å². The second-order valence-corrected chi connectivity index (χ2v) is 7.29. The summed E-state index contributed by atoms with van der Waals surface area (Å²) in [7, 11) is 0.812. The van der Waals surface area contributed by atoms with E-state index in [1.807, 2.05) is 0 Å². The number of aromatic nitrogens is 4. The summed E-state index contributed by atoms with van der Waals surface area (Å²) >= 11 is 11.4. The molecule has 0 bridgehead atoms. The Hall–Kier alpha value is -2.66. The number of hydrogen-bond donors (Lipinski definition) is 0. The Labute approximate surface area is 175 Å². The van der Waals surface area contributed by atoms with Crippen LogP contribution in [-0.4, -0.2) is 24.2 Å². The van der Waals surface area contributed by atoms with Gasteiger partial charge in [-0.2, -0.15) is 18.3 Å². The lowest BCUT2D eigenvalue weighted by Gasteiger charge is -2.15. The molecule has 0 spiro atoms. The van der Waals surface area contributed by atoms with Gasteiger partial charge in [0, 0.05) is 24.9 Å². The molecule has 0 N–H and O–H groups in total. The number of carbonyl (C=O) groups excluding carboxylic acids is 1. The Morgan fingerprint density at radius 3 is 2.43 bits per heavy atom. The van der Waals surface area contributed by atoms with Gasteiger partial charge in [0.1, 0.15) is 11.5 Å². The molecule has 7 nitrogen and oxygen atoms in total. The molecule has 0 amide bonds. The van der Waals surface area contributed by atoms with Crippen LogP contribution in [0.1, 0.15) is 25.1 Å². The zero-order chi connectivity index (χ0) is 22.5. The van der Waals surface area contributed by atoms with Crippen molar-refractivity contribution in [2.24, 2.45) is 7.05 Å². The fraction of sp³-hybridized carbons (Fsp3) is 0.294. The van der Waals surface area contributed by atoms with Gasteiger partial charge in [0.25, 0.3) is 5.56 Å². The van der Waals surface area contributed by atoms with Crippen LogP contribution in [0.5, 0.6) is 0 Å². The van der Waals surface area contributed by atoms with E-state index in [9.17, 15) is 31.9 Å². The van der Waals surface area contributed by atoms with Crippen LogP contribution in [0, 0.1) is 5.82 Å². The van der Waals surface area contributed by atoms with Crippen molar-refractivity contribution in [1.29, 1.82) is 0 Å². The maximum absolute atomic E-state index is 14.7. The molecule has 3 rings (SSSR count). The SMILES string of the molecule is CC(CC(=O)Cl)n1nc(Cl)c2cc(F)c(-n3c(=O)cc(C(F)(F)F)n(C)c3=O)cc21. The zero-order valence-electron chi connectivity index (χ0n) is 15.3. The highest BCUT2D eigenvalue weighted by Gasteiger charge is 2.35. The van der Waals surface area contributed by atoms with Crippen molar-refractivity contribution in [3.05, 3.63) is 55.7 Å². The predicted molar refractivity (Wildman–Crippen MR) is 101 cm³/mol. The van der Waals surface area contributed by atoms with Gasteiger partial charge in [0.15, 0.2) is 5.15 Å². The normalized spacial score (nSPS) is 13.1. The number of halogens is 6. The highest BCUT2D eigenvalue weighted by molar-refractivity contribution is 6.63. The summed E-state index contributed by atoms with van der Waals surface area (Å²) in [5.41, 5.74) is -4.68. The van der Waals surface area contributed by atoms with Crippen molar-refractivity contribution in [3.8, 4) is 5.69 Å². The van der Waals surface area contributed by atoms with Crippen LogP contribution in [0.2, 0.25) is 5.15 Å². The van der Waals surface area contributed by atoms with Gasteiger partial charge < -0.3 is 0 Å². The van der Waals surface area contributed by atoms with E-state index in [2.05, 4.69) is 5.10 Å². The van der Waals surface area contributed by atoms with Crippen molar-refractivity contribution in [2.75, 3.05) is 0 Å². The molecule has 0 radical (unpaired) electrons. The second kappa shape index (κ2) is 7.55. The maximum atomic E-state index is 14.7. The molecule has 0 aliphatic rings. The molecule has 160 valence electrons. The van der Waals surface area contributed by atoms with Crippen LogP contribution < -0.4 is 11.2 Å². The van der Waals surface area contributed by atoms with Crippen LogP contribution in [0.3, 0.4) is 0 Å². The fourth-order valence-electron chi connectivity index (χ4n) is 3.05. The van der Waals surface area contributed by atoms with Crippen molar-refractivity contribution in [3.63, 3.8) is 0 Å². The summed E-state index contributed by atoms with van der Waals surface area (Å²) in [6.45, 7) is 1.58. The minimum atomic E-state index is -4.95. The largest absolute Gasteiger partial charge is 0.431 e. The first-order valence-corrected chi connectivity index (χ1v) is 9.04. The fourth-order valence-corrected chi connectivity index (χ4v) is 3.51. The molecule has 0 aliphatic carbocycles. The third kappa shape index (κ3) is 3.74. The minimum Gasteiger partial charge on any atom is -0.292 e. The lowest BCUT2D eigenvalue weighted by molar-refractivity contribution is -0.144. The van der Waals surface area contributed by atoms with Crippen LogP contribution in [-0.2, 0) is 18.0 Å². The van der Waals surface area contributed by atoms with Gasteiger partial charge in [0.2, 0.25) is 5.24 Å². The van der Waals surface area contributed by atoms with E-state index in [0.717, 1.165) is 19.2 Å². The second-order valence-electron chi connectivity index (χ2n) is 6.51. The lowest BCUT2D eigenvalue weighted by atomic mass is 10.2. The number of alkyl halides is 3. The number of carbonyl (C=O) groups is 1. The van der Waals surface area contributed by atoms with Gasteiger partial charge in [0.05, 0.1) is 17.2 Å². The van der Waals surface area contributed by atoms with Gasteiger partial charge in [-0.3, -0.25) is 18.8 Å². The molecular formula is C17H12Cl2F4N4O3. The average molecular weight is 467 g/mol. The van der Waals surface area contributed by atoms with E-state index in [-0.39, 0.29) is 37.7 Å². The number of nitrogens with zero attached hydrogens (tertiary/aromatic N) is 4. The average Bonchev–Trinajstić information content (AvgIpc) is 2.93. The van der Waals surface area contributed by atoms with Crippen LogP contribution in [0.15, 0.2) is 27.8 Å². The topological polar surface area (TPSA) is 78.9 Å².